The Morgan fingerprint density at radius 2 is 1.63 bits per heavy atom. The molecule has 3 aromatic rings. The smallest absolute Gasteiger partial charge is 0.251 e. The van der Waals surface area contributed by atoms with Crippen molar-refractivity contribution in [1.82, 2.24) is 10.3 Å². The van der Waals surface area contributed by atoms with Crippen LogP contribution in [0.2, 0.25) is 0 Å². The Balaban J connectivity index is 1.69. The van der Waals surface area contributed by atoms with Gasteiger partial charge >= 0.3 is 0 Å². The summed E-state index contributed by atoms with van der Waals surface area (Å²) in [6.45, 7) is 2.33. The molecule has 27 heavy (non-hydrogen) atoms. The fourth-order valence-electron chi connectivity index (χ4n) is 2.80. The summed E-state index contributed by atoms with van der Waals surface area (Å²) in [5.74, 6) is 0.528. The maximum absolute atomic E-state index is 12.5. The topological polar surface area (TPSA) is 71.5 Å². The Hall–Kier alpha value is -3.18. The number of carbonyl (C=O) groups is 1. The zero-order valence-corrected chi connectivity index (χ0v) is 15.1. The number of aliphatic hydroxyl groups is 1. The third-order valence-corrected chi connectivity index (χ3v) is 4.24. The van der Waals surface area contributed by atoms with Crippen LogP contribution in [0, 0.1) is 0 Å². The molecule has 1 amide bonds. The number of nitrogens with one attached hydrogen (secondary N) is 1. The number of aromatic nitrogens is 1. The van der Waals surface area contributed by atoms with E-state index in [1.807, 2.05) is 55.5 Å². The molecule has 2 aromatic carbocycles. The molecule has 0 aliphatic rings. The van der Waals surface area contributed by atoms with Gasteiger partial charge in [0.2, 0.25) is 0 Å². The van der Waals surface area contributed by atoms with E-state index in [0.717, 1.165) is 22.4 Å². The van der Waals surface area contributed by atoms with E-state index in [9.17, 15) is 9.90 Å². The van der Waals surface area contributed by atoms with Gasteiger partial charge in [-0.1, -0.05) is 24.3 Å². The van der Waals surface area contributed by atoms with E-state index < -0.39 is 6.04 Å². The quantitative estimate of drug-likeness (QED) is 0.673. The number of hydrogen-bond donors (Lipinski definition) is 2. The molecule has 0 radical (unpaired) electrons. The van der Waals surface area contributed by atoms with Crippen LogP contribution in [-0.2, 0) is 0 Å². The highest BCUT2D eigenvalue weighted by Gasteiger charge is 2.15. The highest BCUT2D eigenvalue weighted by atomic mass is 16.5. The predicted molar refractivity (Wildman–Crippen MR) is 105 cm³/mol. The lowest BCUT2D eigenvalue weighted by Crippen LogP contribution is -2.30. The van der Waals surface area contributed by atoms with Crippen molar-refractivity contribution in [3.63, 3.8) is 0 Å². The van der Waals surface area contributed by atoms with E-state index in [-0.39, 0.29) is 12.5 Å². The third kappa shape index (κ3) is 4.71. The van der Waals surface area contributed by atoms with Crippen LogP contribution in [0.1, 0.15) is 28.9 Å². The van der Waals surface area contributed by atoms with Gasteiger partial charge in [0.15, 0.2) is 0 Å². The van der Waals surface area contributed by atoms with Crippen molar-refractivity contribution in [2.75, 3.05) is 13.2 Å². The first-order valence-corrected chi connectivity index (χ1v) is 8.86. The second-order valence-corrected chi connectivity index (χ2v) is 6.02. The first kappa shape index (κ1) is 18.6. The molecule has 1 unspecified atom stereocenters. The Morgan fingerprint density at radius 3 is 2.22 bits per heavy atom. The standard InChI is InChI=1S/C22H22N2O3/c1-2-27-20-9-7-18(8-10-20)21(15-25)24-22(26)19-5-3-16(4-6-19)17-11-13-23-14-12-17/h3-14,21,25H,2,15H2,1H3,(H,24,26). The van der Waals surface area contributed by atoms with Crippen LogP contribution < -0.4 is 10.1 Å². The number of rotatable bonds is 7. The molecule has 1 atom stereocenters. The number of nitrogens with zero attached hydrogens (tertiary/aromatic N) is 1. The van der Waals surface area contributed by atoms with Gasteiger partial charge in [0, 0.05) is 18.0 Å². The molecule has 138 valence electrons. The highest BCUT2D eigenvalue weighted by Crippen LogP contribution is 2.20. The molecular weight excluding hydrogens is 340 g/mol. The van der Waals surface area contributed by atoms with E-state index in [2.05, 4.69) is 10.3 Å². The van der Waals surface area contributed by atoms with Gasteiger partial charge in [-0.15, -0.1) is 0 Å². The minimum atomic E-state index is -0.479. The largest absolute Gasteiger partial charge is 0.494 e. The summed E-state index contributed by atoms with van der Waals surface area (Å²) in [4.78, 5) is 16.6. The first-order valence-electron chi connectivity index (χ1n) is 8.86. The molecular formula is C22H22N2O3. The number of amides is 1. The van der Waals surface area contributed by atoms with Gasteiger partial charge < -0.3 is 15.2 Å². The van der Waals surface area contributed by atoms with Gasteiger partial charge in [0.05, 0.1) is 19.3 Å². The average molecular weight is 362 g/mol. The summed E-state index contributed by atoms with van der Waals surface area (Å²) >= 11 is 0. The molecule has 1 heterocycles. The van der Waals surface area contributed by atoms with Crippen LogP contribution in [0.5, 0.6) is 5.75 Å². The minimum absolute atomic E-state index is 0.186. The van der Waals surface area contributed by atoms with Gasteiger partial charge in [0.25, 0.3) is 5.91 Å². The third-order valence-electron chi connectivity index (χ3n) is 4.24. The maximum Gasteiger partial charge on any atom is 0.251 e. The molecule has 0 spiro atoms. The summed E-state index contributed by atoms with van der Waals surface area (Å²) in [7, 11) is 0. The van der Waals surface area contributed by atoms with Gasteiger partial charge in [-0.25, -0.2) is 0 Å². The van der Waals surface area contributed by atoms with E-state index in [4.69, 9.17) is 4.74 Å². The first-order chi connectivity index (χ1) is 13.2. The lowest BCUT2D eigenvalue weighted by Gasteiger charge is -2.17. The van der Waals surface area contributed by atoms with Crippen LogP contribution in [0.15, 0.2) is 73.1 Å². The number of hydrogen-bond acceptors (Lipinski definition) is 4. The predicted octanol–water partition coefficient (Wildman–Crippen LogP) is 3.61. The van der Waals surface area contributed by atoms with E-state index in [1.54, 1.807) is 24.5 Å². The molecule has 0 fully saturated rings. The van der Waals surface area contributed by atoms with E-state index in [1.165, 1.54) is 0 Å². The second-order valence-electron chi connectivity index (χ2n) is 6.02. The molecule has 0 bridgehead atoms. The van der Waals surface area contributed by atoms with Crippen LogP contribution >= 0.6 is 0 Å². The summed E-state index contributed by atoms with van der Waals surface area (Å²) in [5, 5.41) is 12.6. The fraction of sp³-hybridized carbons (Fsp3) is 0.182. The zero-order valence-electron chi connectivity index (χ0n) is 15.1. The Labute approximate surface area is 158 Å². The SMILES string of the molecule is CCOc1ccc(C(CO)NC(=O)c2ccc(-c3ccncc3)cc2)cc1. The molecule has 0 aliphatic heterocycles. The Bertz CT molecular complexity index is 862. The molecule has 3 rings (SSSR count). The Morgan fingerprint density at radius 1 is 1.00 bits per heavy atom. The monoisotopic (exact) mass is 362 g/mol. The molecule has 0 aliphatic carbocycles. The van der Waals surface area contributed by atoms with Gasteiger partial charge in [-0.3, -0.25) is 9.78 Å². The van der Waals surface area contributed by atoms with Gasteiger partial charge in [0.1, 0.15) is 5.75 Å². The minimum Gasteiger partial charge on any atom is -0.494 e. The lowest BCUT2D eigenvalue weighted by molar-refractivity contribution is 0.0916. The van der Waals surface area contributed by atoms with Crippen LogP contribution in [0.25, 0.3) is 11.1 Å². The molecule has 2 N–H and O–H groups in total. The highest BCUT2D eigenvalue weighted by molar-refractivity contribution is 5.95. The maximum atomic E-state index is 12.5. The summed E-state index contributed by atoms with van der Waals surface area (Å²) in [6, 6.07) is 18.1. The lowest BCUT2D eigenvalue weighted by atomic mass is 10.0. The fourth-order valence-corrected chi connectivity index (χ4v) is 2.80. The number of ether oxygens (including phenoxy) is 1. The molecule has 1 aromatic heterocycles. The van der Waals surface area contributed by atoms with Crippen molar-refractivity contribution in [3.8, 4) is 16.9 Å². The van der Waals surface area contributed by atoms with Crippen molar-refractivity contribution >= 4 is 5.91 Å². The van der Waals surface area contributed by atoms with Crippen LogP contribution in [-0.4, -0.2) is 29.2 Å². The number of aliphatic hydroxyl groups excluding tert-OH is 1. The summed E-state index contributed by atoms with van der Waals surface area (Å²) < 4.78 is 5.42. The molecule has 0 saturated heterocycles. The zero-order chi connectivity index (χ0) is 19.1. The summed E-state index contributed by atoms with van der Waals surface area (Å²) in [6.07, 6.45) is 3.47. The van der Waals surface area contributed by atoms with Gasteiger partial charge in [-0.2, -0.15) is 0 Å². The number of carbonyl (C=O) groups excluding carboxylic acids is 1. The average Bonchev–Trinajstić information content (AvgIpc) is 2.73. The van der Waals surface area contributed by atoms with E-state index in [0.29, 0.717) is 12.2 Å². The second kappa shape index (κ2) is 8.96. The van der Waals surface area contributed by atoms with Crippen LogP contribution in [0.3, 0.4) is 0 Å². The van der Waals surface area contributed by atoms with Crippen molar-refractivity contribution in [3.05, 3.63) is 84.2 Å². The molecule has 5 heteroatoms. The Kier molecular flexibility index (Phi) is 6.18. The van der Waals surface area contributed by atoms with Crippen LogP contribution in [0.4, 0.5) is 0 Å². The van der Waals surface area contributed by atoms with Crippen molar-refractivity contribution in [1.29, 1.82) is 0 Å². The number of benzene rings is 2. The molecule has 5 nitrogen and oxygen atoms in total. The van der Waals surface area contributed by atoms with Crippen molar-refractivity contribution in [2.45, 2.75) is 13.0 Å². The van der Waals surface area contributed by atoms with Crippen molar-refractivity contribution < 1.29 is 14.6 Å². The van der Waals surface area contributed by atoms with Crippen molar-refractivity contribution in [2.24, 2.45) is 0 Å². The van der Waals surface area contributed by atoms with Gasteiger partial charge in [-0.05, 0) is 60.0 Å². The molecule has 0 saturated carbocycles. The summed E-state index contributed by atoms with van der Waals surface area (Å²) in [5.41, 5.74) is 3.42. The number of pyridine rings is 1. The normalized spacial score (nSPS) is 11.6. The van der Waals surface area contributed by atoms with E-state index >= 15 is 0 Å².